The number of aliphatic carboxylic acids is 2. The fraction of sp³-hybridized carbons (Fsp3) is 0.333. The zero-order chi connectivity index (χ0) is 17.0. The second kappa shape index (κ2) is 6.78. The van der Waals surface area contributed by atoms with Gasteiger partial charge in [0.15, 0.2) is 17.5 Å². The molecule has 22 heavy (non-hydrogen) atoms. The summed E-state index contributed by atoms with van der Waals surface area (Å²) in [7, 11) is 1.06. The van der Waals surface area contributed by atoms with Crippen LogP contribution >= 0.6 is 0 Å². The lowest BCUT2D eigenvalue weighted by atomic mass is 9.85. The van der Waals surface area contributed by atoms with Crippen LogP contribution in [-0.4, -0.2) is 40.7 Å². The van der Waals surface area contributed by atoms with E-state index in [2.05, 4.69) is 4.74 Å². The highest BCUT2D eigenvalue weighted by Crippen LogP contribution is 2.32. The molecule has 0 bridgehead atoms. The molecule has 0 unspecified atom stereocenters. The molecule has 0 aliphatic rings. The molecule has 10 heteroatoms. The van der Waals surface area contributed by atoms with Crippen LogP contribution in [0.25, 0.3) is 0 Å². The van der Waals surface area contributed by atoms with Crippen LogP contribution in [0.15, 0.2) is 12.1 Å². The summed E-state index contributed by atoms with van der Waals surface area (Å²) in [6, 6.07) is 1.07. The fourth-order valence-electron chi connectivity index (χ4n) is 1.98. The maximum Gasteiger partial charge on any atom is 0.318 e. The largest absolute Gasteiger partial charge is 0.494 e. The number of halogens is 2. The molecule has 1 aromatic carbocycles. The van der Waals surface area contributed by atoms with Gasteiger partial charge >= 0.3 is 11.9 Å². The van der Waals surface area contributed by atoms with E-state index in [1.54, 1.807) is 0 Å². The molecule has 0 spiro atoms. The van der Waals surface area contributed by atoms with E-state index in [1.165, 1.54) is 0 Å². The SMILES string of the molecule is COc1cc(F)c([C@H](C[N+](=O)[O-])C(C(=O)O)C(=O)O)cc1F. The Kier molecular flexibility index (Phi) is 5.33. The Morgan fingerprint density at radius 3 is 2.23 bits per heavy atom. The normalized spacial score (nSPS) is 12.0. The predicted molar refractivity (Wildman–Crippen MR) is 66.3 cm³/mol. The molecule has 0 fully saturated rings. The van der Waals surface area contributed by atoms with Crippen molar-refractivity contribution in [3.63, 3.8) is 0 Å². The van der Waals surface area contributed by atoms with Crippen LogP contribution in [0.4, 0.5) is 8.78 Å². The van der Waals surface area contributed by atoms with Crippen LogP contribution in [0, 0.1) is 27.7 Å². The maximum absolute atomic E-state index is 13.9. The summed E-state index contributed by atoms with van der Waals surface area (Å²) in [5.41, 5.74) is -0.718. The number of nitrogens with zero attached hydrogens (tertiary/aromatic N) is 1. The van der Waals surface area contributed by atoms with Crippen molar-refractivity contribution in [2.75, 3.05) is 13.7 Å². The van der Waals surface area contributed by atoms with Crippen molar-refractivity contribution in [3.8, 4) is 5.75 Å². The molecule has 0 aromatic heterocycles. The molecule has 0 aliphatic carbocycles. The third kappa shape index (κ3) is 3.65. The molecule has 0 radical (unpaired) electrons. The van der Waals surface area contributed by atoms with Gasteiger partial charge in [0.05, 0.1) is 13.0 Å². The van der Waals surface area contributed by atoms with E-state index in [-0.39, 0.29) is 0 Å². The van der Waals surface area contributed by atoms with E-state index in [9.17, 15) is 28.5 Å². The minimum Gasteiger partial charge on any atom is -0.494 e. The lowest BCUT2D eigenvalue weighted by Gasteiger charge is -2.19. The van der Waals surface area contributed by atoms with E-state index in [1.807, 2.05) is 0 Å². The van der Waals surface area contributed by atoms with E-state index in [0.29, 0.717) is 12.1 Å². The van der Waals surface area contributed by atoms with Crippen molar-refractivity contribution in [1.29, 1.82) is 0 Å². The highest BCUT2D eigenvalue weighted by Gasteiger charge is 2.41. The molecule has 0 amide bonds. The van der Waals surface area contributed by atoms with Gasteiger partial charge < -0.3 is 14.9 Å². The number of hydrogen-bond acceptors (Lipinski definition) is 5. The standard InChI is InChI=1S/C12H11F2NO7/c1-22-9-3-7(13)5(2-8(9)14)6(4-15(20)21)10(11(16)17)12(18)19/h2-3,6,10H,4H2,1H3,(H,16,17)(H,18,19)/t6-/m0/s1. The number of nitro groups is 1. The van der Waals surface area contributed by atoms with E-state index in [4.69, 9.17) is 10.2 Å². The molecule has 0 aliphatic heterocycles. The minimum absolute atomic E-state index is 0.497. The molecule has 1 atom stereocenters. The molecule has 8 nitrogen and oxygen atoms in total. The number of rotatable bonds is 7. The second-order valence-corrected chi connectivity index (χ2v) is 4.28. The Labute approximate surface area is 122 Å². The first kappa shape index (κ1) is 17.3. The molecule has 120 valence electrons. The maximum atomic E-state index is 13.9. The second-order valence-electron chi connectivity index (χ2n) is 4.28. The topological polar surface area (TPSA) is 127 Å². The summed E-state index contributed by atoms with van der Waals surface area (Å²) >= 11 is 0. The Balaban J connectivity index is 3.45. The predicted octanol–water partition coefficient (Wildman–Crippen LogP) is 1.12. The van der Waals surface area contributed by atoms with Gasteiger partial charge in [-0.05, 0) is 6.07 Å². The van der Waals surface area contributed by atoms with E-state index < -0.39 is 58.2 Å². The van der Waals surface area contributed by atoms with Gasteiger partial charge in [0.1, 0.15) is 5.82 Å². The van der Waals surface area contributed by atoms with E-state index >= 15 is 0 Å². The van der Waals surface area contributed by atoms with Gasteiger partial charge in [0, 0.05) is 16.6 Å². The Morgan fingerprint density at radius 2 is 1.82 bits per heavy atom. The van der Waals surface area contributed by atoms with Crippen molar-refractivity contribution >= 4 is 11.9 Å². The van der Waals surface area contributed by atoms with Gasteiger partial charge in [-0.25, -0.2) is 8.78 Å². The van der Waals surface area contributed by atoms with Crippen molar-refractivity contribution in [2.45, 2.75) is 5.92 Å². The first-order valence-corrected chi connectivity index (χ1v) is 5.79. The van der Waals surface area contributed by atoms with Crippen molar-refractivity contribution in [2.24, 2.45) is 5.92 Å². The zero-order valence-electron chi connectivity index (χ0n) is 11.2. The smallest absolute Gasteiger partial charge is 0.318 e. The van der Waals surface area contributed by atoms with Gasteiger partial charge in [0.25, 0.3) is 0 Å². The quantitative estimate of drug-likeness (QED) is 0.438. The number of carbonyl (C=O) groups is 2. The van der Waals surface area contributed by atoms with Crippen LogP contribution in [-0.2, 0) is 9.59 Å². The van der Waals surface area contributed by atoms with Crippen molar-refractivity contribution in [1.82, 2.24) is 0 Å². The molecular weight excluding hydrogens is 308 g/mol. The number of hydrogen-bond donors (Lipinski definition) is 2. The summed E-state index contributed by atoms with van der Waals surface area (Å²) < 4.78 is 32.1. The van der Waals surface area contributed by atoms with E-state index in [0.717, 1.165) is 7.11 Å². The minimum atomic E-state index is -2.30. The Morgan fingerprint density at radius 1 is 1.27 bits per heavy atom. The summed E-state index contributed by atoms with van der Waals surface area (Å²) in [6.07, 6.45) is 0. The van der Waals surface area contributed by atoms with Crippen LogP contribution in [0.3, 0.4) is 0 Å². The highest BCUT2D eigenvalue weighted by atomic mass is 19.1. The van der Waals surface area contributed by atoms with Gasteiger partial charge in [-0.2, -0.15) is 0 Å². The average Bonchev–Trinajstić information content (AvgIpc) is 2.38. The molecule has 1 rings (SSSR count). The Hall–Kier alpha value is -2.78. The van der Waals surface area contributed by atoms with Crippen LogP contribution < -0.4 is 4.74 Å². The van der Waals surface area contributed by atoms with Crippen LogP contribution in [0.2, 0.25) is 0 Å². The lowest BCUT2D eigenvalue weighted by molar-refractivity contribution is -0.484. The number of carboxylic acid groups (broad SMARTS) is 2. The summed E-state index contributed by atoms with van der Waals surface area (Å²) in [5, 5.41) is 28.4. The molecule has 0 saturated heterocycles. The molecular formula is C12H11F2NO7. The molecule has 0 heterocycles. The first-order chi connectivity index (χ1) is 10.2. The molecule has 0 saturated carbocycles. The zero-order valence-corrected chi connectivity index (χ0v) is 11.2. The highest BCUT2D eigenvalue weighted by molar-refractivity contribution is 5.94. The van der Waals surface area contributed by atoms with Gasteiger partial charge in [-0.3, -0.25) is 19.7 Å². The molecule has 2 N–H and O–H groups in total. The number of carboxylic acids is 2. The first-order valence-electron chi connectivity index (χ1n) is 5.79. The van der Waals surface area contributed by atoms with Crippen LogP contribution in [0.5, 0.6) is 5.75 Å². The third-order valence-electron chi connectivity index (χ3n) is 2.95. The van der Waals surface area contributed by atoms with Gasteiger partial charge in [0.2, 0.25) is 6.54 Å². The van der Waals surface area contributed by atoms with Crippen LogP contribution in [0.1, 0.15) is 11.5 Å². The van der Waals surface area contributed by atoms with Gasteiger partial charge in [-0.15, -0.1) is 0 Å². The van der Waals surface area contributed by atoms with Crippen molar-refractivity contribution in [3.05, 3.63) is 39.4 Å². The summed E-state index contributed by atoms with van der Waals surface area (Å²) in [5.74, 6) is -10.8. The number of methoxy groups -OCH3 is 1. The van der Waals surface area contributed by atoms with Gasteiger partial charge in [-0.1, -0.05) is 0 Å². The third-order valence-corrected chi connectivity index (χ3v) is 2.95. The van der Waals surface area contributed by atoms with Crippen molar-refractivity contribution < 1.29 is 38.2 Å². The number of benzene rings is 1. The summed E-state index contributed by atoms with van der Waals surface area (Å²) in [4.78, 5) is 31.7. The fourth-order valence-corrected chi connectivity index (χ4v) is 1.98. The summed E-state index contributed by atoms with van der Waals surface area (Å²) in [6.45, 7) is -1.19. The Bertz CT molecular complexity index is 606. The monoisotopic (exact) mass is 319 g/mol. The lowest BCUT2D eigenvalue weighted by Crippen LogP contribution is -2.34. The molecule has 1 aromatic rings. The average molecular weight is 319 g/mol. The number of ether oxygens (including phenoxy) is 1.